The number of anilines is 1. The van der Waals surface area contributed by atoms with Gasteiger partial charge >= 0.3 is 0 Å². The highest BCUT2D eigenvalue weighted by molar-refractivity contribution is 6.05. The minimum Gasteiger partial charge on any atom is -0.398 e. The molecule has 0 unspecified atom stereocenters. The number of carbonyl (C=O) groups is 1. The molecule has 28 heavy (non-hydrogen) atoms. The van der Waals surface area contributed by atoms with Crippen molar-refractivity contribution < 1.29 is 4.79 Å². The first-order valence-corrected chi connectivity index (χ1v) is 8.88. The monoisotopic (exact) mass is 366 g/mol. The number of hydrogen-bond acceptors (Lipinski definition) is 4. The summed E-state index contributed by atoms with van der Waals surface area (Å²) >= 11 is 0. The highest BCUT2D eigenvalue weighted by atomic mass is 16.2. The smallest absolute Gasteiger partial charge is 0.256 e. The molecule has 1 aliphatic rings. The molecule has 0 spiro atoms. The van der Waals surface area contributed by atoms with Crippen molar-refractivity contribution >= 4 is 11.6 Å². The molecule has 5 nitrogen and oxygen atoms in total. The average Bonchev–Trinajstić information content (AvgIpc) is 3.06. The first kappa shape index (κ1) is 17.5. The van der Waals surface area contributed by atoms with E-state index in [1.807, 2.05) is 48.7 Å². The topological polar surface area (TPSA) is 83.0 Å². The fraction of sp³-hybridized carbons (Fsp3) is 0.0870. The van der Waals surface area contributed by atoms with Crippen LogP contribution in [0.25, 0.3) is 22.3 Å². The van der Waals surface area contributed by atoms with Crippen molar-refractivity contribution in [1.29, 1.82) is 5.26 Å². The Labute approximate surface area is 163 Å². The number of nitrogen functional groups attached to an aromatic ring is 1. The van der Waals surface area contributed by atoms with E-state index >= 15 is 0 Å². The number of benzene rings is 2. The molecule has 0 aliphatic carbocycles. The molecule has 0 saturated heterocycles. The number of nitrogens with two attached hydrogens (primary N) is 1. The molecule has 0 saturated carbocycles. The maximum absolute atomic E-state index is 12.8. The number of nitrogens with zero attached hydrogens (tertiary/aromatic N) is 3. The van der Waals surface area contributed by atoms with Gasteiger partial charge in [0.1, 0.15) is 0 Å². The van der Waals surface area contributed by atoms with E-state index in [4.69, 9.17) is 11.0 Å². The Bertz CT molecular complexity index is 1130. The summed E-state index contributed by atoms with van der Waals surface area (Å²) in [6.45, 7) is 4.31. The lowest BCUT2D eigenvalue weighted by molar-refractivity contribution is 0.0794. The number of nitriles is 1. The number of amides is 1. The Balaban J connectivity index is 1.78. The summed E-state index contributed by atoms with van der Waals surface area (Å²) in [6, 6.07) is 17.8. The van der Waals surface area contributed by atoms with Crippen LogP contribution >= 0.6 is 0 Å². The second kappa shape index (κ2) is 7.01. The third-order valence-corrected chi connectivity index (χ3v) is 4.90. The van der Waals surface area contributed by atoms with Gasteiger partial charge in [-0.15, -0.1) is 0 Å². The van der Waals surface area contributed by atoms with Crippen molar-refractivity contribution in [1.82, 2.24) is 9.88 Å². The largest absolute Gasteiger partial charge is 0.398 e. The summed E-state index contributed by atoms with van der Waals surface area (Å²) in [5.41, 5.74) is 12.4. The Morgan fingerprint density at radius 1 is 1.18 bits per heavy atom. The van der Waals surface area contributed by atoms with Gasteiger partial charge in [-0.2, -0.15) is 5.26 Å². The van der Waals surface area contributed by atoms with Gasteiger partial charge in [-0.1, -0.05) is 36.9 Å². The molecule has 0 atom stereocenters. The minimum atomic E-state index is -0.158. The Kier molecular flexibility index (Phi) is 4.38. The van der Waals surface area contributed by atoms with Crippen LogP contribution in [0.5, 0.6) is 0 Å². The van der Waals surface area contributed by atoms with Crippen LogP contribution in [0.2, 0.25) is 0 Å². The van der Waals surface area contributed by atoms with Crippen LogP contribution < -0.4 is 5.73 Å². The Hall–Kier alpha value is -3.91. The Morgan fingerprint density at radius 3 is 2.71 bits per heavy atom. The standard InChI is InChI=1S/C23H18N4O/c1-15(11-24)13-27-14-20-19(7-8-21(25)22(20)23(27)28)17-5-2-4-16(10-17)18-6-3-9-26-12-18/h2-10,12H,1,13-14,25H2. The van der Waals surface area contributed by atoms with Gasteiger partial charge in [-0.25, -0.2) is 0 Å². The predicted octanol–water partition coefficient (Wildman–Crippen LogP) is 4.03. The zero-order valence-electron chi connectivity index (χ0n) is 15.2. The zero-order valence-corrected chi connectivity index (χ0v) is 15.2. The van der Waals surface area contributed by atoms with E-state index in [9.17, 15) is 4.79 Å². The molecule has 0 radical (unpaired) electrons. The summed E-state index contributed by atoms with van der Waals surface area (Å²) in [7, 11) is 0. The number of fused-ring (bicyclic) bond motifs is 1. The van der Waals surface area contributed by atoms with Crippen LogP contribution in [0.4, 0.5) is 5.69 Å². The van der Waals surface area contributed by atoms with Crippen molar-refractivity contribution in [2.45, 2.75) is 6.54 Å². The van der Waals surface area contributed by atoms with Gasteiger partial charge in [0, 0.05) is 35.8 Å². The van der Waals surface area contributed by atoms with E-state index in [-0.39, 0.29) is 12.5 Å². The van der Waals surface area contributed by atoms with E-state index in [1.165, 1.54) is 0 Å². The normalized spacial score (nSPS) is 12.5. The van der Waals surface area contributed by atoms with Gasteiger partial charge in [-0.05, 0) is 40.5 Å². The van der Waals surface area contributed by atoms with Gasteiger partial charge in [-0.3, -0.25) is 9.78 Å². The van der Waals surface area contributed by atoms with Gasteiger partial charge in [0.05, 0.1) is 18.2 Å². The first-order chi connectivity index (χ1) is 13.6. The minimum absolute atomic E-state index is 0.158. The average molecular weight is 366 g/mol. The molecule has 2 heterocycles. The lowest BCUT2D eigenvalue weighted by Gasteiger charge is -2.14. The molecule has 136 valence electrons. The lowest BCUT2D eigenvalue weighted by atomic mass is 9.94. The molecule has 3 aromatic rings. The Morgan fingerprint density at radius 2 is 1.96 bits per heavy atom. The molecule has 2 aromatic carbocycles. The number of hydrogen-bond donors (Lipinski definition) is 1. The summed E-state index contributed by atoms with van der Waals surface area (Å²) in [5, 5.41) is 9.01. The third-order valence-electron chi connectivity index (χ3n) is 4.90. The molecule has 1 amide bonds. The van der Waals surface area contributed by atoms with Gasteiger partial charge in [0.2, 0.25) is 0 Å². The molecule has 0 fully saturated rings. The van der Waals surface area contributed by atoms with Gasteiger partial charge in [0.15, 0.2) is 0 Å². The van der Waals surface area contributed by atoms with E-state index in [0.29, 0.717) is 23.4 Å². The van der Waals surface area contributed by atoms with Crippen molar-refractivity contribution in [3.05, 3.63) is 84.2 Å². The van der Waals surface area contributed by atoms with Crippen molar-refractivity contribution in [3.63, 3.8) is 0 Å². The molecular weight excluding hydrogens is 348 g/mol. The SMILES string of the molecule is C=C(C#N)CN1Cc2c(-c3cccc(-c4cccnc4)c3)ccc(N)c2C1=O. The number of pyridine rings is 1. The van der Waals surface area contributed by atoms with E-state index < -0.39 is 0 Å². The maximum Gasteiger partial charge on any atom is 0.256 e. The number of rotatable bonds is 4. The molecule has 0 bridgehead atoms. The molecule has 2 N–H and O–H groups in total. The van der Waals surface area contributed by atoms with Gasteiger partial charge in [0.25, 0.3) is 5.91 Å². The summed E-state index contributed by atoms with van der Waals surface area (Å²) in [6.07, 6.45) is 3.57. The maximum atomic E-state index is 12.8. The van der Waals surface area contributed by atoms with Crippen molar-refractivity contribution in [3.8, 4) is 28.3 Å². The second-order valence-corrected chi connectivity index (χ2v) is 6.75. The van der Waals surface area contributed by atoms with Crippen LogP contribution in [-0.4, -0.2) is 22.3 Å². The lowest BCUT2D eigenvalue weighted by Crippen LogP contribution is -2.26. The van der Waals surface area contributed by atoms with Crippen LogP contribution in [0.3, 0.4) is 0 Å². The quantitative estimate of drug-likeness (QED) is 0.558. The van der Waals surface area contributed by atoms with E-state index in [0.717, 1.165) is 27.8 Å². The summed E-state index contributed by atoms with van der Waals surface area (Å²) < 4.78 is 0. The van der Waals surface area contributed by atoms with E-state index in [2.05, 4.69) is 17.6 Å². The molecular formula is C23H18N4O. The number of aromatic nitrogens is 1. The molecule has 1 aliphatic heterocycles. The van der Waals surface area contributed by atoms with Crippen LogP contribution in [0, 0.1) is 11.3 Å². The van der Waals surface area contributed by atoms with Gasteiger partial charge < -0.3 is 10.6 Å². The highest BCUT2D eigenvalue weighted by Crippen LogP contribution is 2.37. The third kappa shape index (κ3) is 3.01. The zero-order chi connectivity index (χ0) is 19.7. The van der Waals surface area contributed by atoms with Crippen LogP contribution in [-0.2, 0) is 6.54 Å². The highest BCUT2D eigenvalue weighted by Gasteiger charge is 2.32. The van der Waals surface area contributed by atoms with E-state index in [1.54, 1.807) is 17.2 Å². The second-order valence-electron chi connectivity index (χ2n) is 6.75. The summed E-state index contributed by atoms with van der Waals surface area (Å²) in [5.74, 6) is -0.158. The van der Waals surface area contributed by atoms with Crippen LogP contribution in [0.15, 0.2) is 73.1 Å². The summed E-state index contributed by atoms with van der Waals surface area (Å²) in [4.78, 5) is 18.6. The van der Waals surface area contributed by atoms with Crippen molar-refractivity contribution in [2.24, 2.45) is 0 Å². The molecule has 5 heteroatoms. The van der Waals surface area contributed by atoms with Crippen LogP contribution in [0.1, 0.15) is 15.9 Å². The molecule has 1 aromatic heterocycles. The number of carbonyl (C=O) groups excluding carboxylic acids is 1. The fourth-order valence-electron chi connectivity index (χ4n) is 3.57. The fourth-order valence-corrected chi connectivity index (χ4v) is 3.57. The predicted molar refractivity (Wildman–Crippen MR) is 109 cm³/mol. The van der Waals surface area contributed by atoms with Crippen molar-refractivity contribution in [2.75, 3.05) is 12.3 Å². The molecule has 4 rings (SSSR count). The first-order valence-electron chi connectivity index (χ1n) is 8.88.